The first kappa shape index (κ1) is 19.3. The Hall–Kier alpha value is -2.99. The maximum absolute atomic E-state index is 12.4. The second kappa shape index (κ2) is 7.79. The molecule has 4 rings (SSSR count). The van der Waals surface area contributed by atoms with Crippen molar-refractivity contribution in [2.45, 2.75) is 32.7 Å². The summed E-state index contributed by atoms with van der Waals surface area (Å²) in [4.78, 5) is 24.9. The molecule has 3 aromatic rings. The minimum atomic E-state index is -0.374. The highest BCUT2D eigenvalue weighted by Crippen LogP contribution is 2.40. The first-order valence-electron chi connectivity index (χ1n) is 9.52. The van der Waals surface area contributed by atoms with Crippen molar-refractivity contribution in [1.82, 2.24) is 20.3 Å². The highest BCUT2D eigenvalue weighted by atomic mass is 35.5. The van der Waals surface area contributed by atoms with Crippen LogP contribution in [-0.4, -0.2) is 26.0 Å². The Balaban J connectivity index is 1.61. The van der Waals surface area contributed by atoms with Crippen molar-refractivity contribution in [2.24, 2.45) is 5.41 Å². The number of halogens is 1. The Morgan fingerprint density at radius 1 is 1.10 bits per heavy atom. The van der Waals surface area contributed by atoms with Gasteiger partial charge in [0.2, 0.25) is 5.91 Å². The van der Waals surface area contributed by atoms with Gasteiger partial charge < -0.3 is 10.4 Å². The van der Waals surface area contributed by atoms with E-state index in [4.69, 9.17) is 11.6 Å². The Labute approximate surface area is 174 Å². The number of benzene rings is 2. The van der Waals surface area contributed by atoms with Crippen molar-refractivity contribution >= 4 is 17.5 Å². The Bertz CT molecular complexity index is 1050. The third-order valence-electron chi connectivity index (χ3n) is 5.39. The molecule has 7 heteroatoms. The summed E-state index contributed by atoms with van der Waals surface area (Å²) >= 11 is 6.38. The van der Waals surface area contributed by atoms with Gasteiger partial charge in [-0.05, 0) is 30.5 Å². The molecule has 0 aliphatic heterocycles. The number of carbonyl (C=O) groups excluding carboxylic acids is 1. The summed E-state index contributed by atoms with van der Waals surface area (Å²) in [6, 6.07) is 14.4. The molecule has 1 heterocycles. The molecule has 1 aliphatic rings. The van der Waals surface area contributed by atoms with Gasteiger partial charge in [0.25, 0.3) is 0 Å². The summed E-state index contributed by atoms with van der Waals surface area (Å²) in [6.07, 6.45) is 2.95. The van der Waals surface area contributed by atoms with Crippen molar-refractivity contribution < 1.29 is 9.90 Å². The molecule has 1 fully saturated rings. The van der Waals surface area contributed by atoms with Gasteiger partial charge in [0.15, 0.2) is 11.6 Å². The average molecular weight is 409 g/mol. The lowest BCUT2D eigenvalue weighted by molar-refractivity contribution is -0.134. The summed E-state index contributed by atoms with van der Waals surface area (Å²) in [7, 11) is 0. The molecule has 0 radical (unpaired) electrons. The predicted molar refractivity (Wildman–Crippen MR) is 111 cm³/mol. The number of amides is 1. The van der Waals surface area contributed by atoms with Crippen LogP contribution < -0.4 is 5.32 Å². The highest BCUT2D eigenvalue weighted by Gasteiger charge is 2.38. The van der Waals surface area contributed by atoms with Crippen molar-refractivity contribution in [1.29, 1.82) is 0 Å². The van der Waals surface area contributed by atoms with Crippen LogP contribution in [0.25, 0.3) is 22.8 Å². The SMILES string of the molecule is CC1(C(=O)NCc2ccc(Cl)c(-c3nc(O)nc(-c4ccccc4)n3)c2)CCC1. The van der Waals surface area contributed by atoms with Crippen LogP contribution in [-0.2, 0) is 11.3 Å². The van der Waals surface area contributed by atoms with Crippen LogP contribution in [0.4, 0.5) is 0 Å². The molecule has 2 aromatic carbocycles. The van der Waals surface area contributed by atoms with E-state index in [1.165, 1.54) is 0 Å². The molecule has 1 saturated carbocycles. The summed E-state index contributed by atoms with van der Waals surface area (Å²) in [6.45, 7) is 2.39. The van der Waals surface area contributed by atoms with Crippen LogP contribution in [0.5, 0.6) is 6.01 Å². The van der Waals surface area contributed by atoms with Crippen molar-refractivity contribution in [3.63, 3.8) is 0 Å². The largest absolute Gasteiger partial charge is 0.479 e. The van der Waals surface area contributed by atoms with E-state index in [0.29, 0.717) is 23.0 Å². The van der Waals surface area contributed by atoms with E-state index >= 15 is 0 Å². The summed E-state index contributed by atoms with van der Waals surface area (Å²) in [5, 5.41) is 13.5. The van der Waals surface area contributed by atoms with E-state index in [2.05, 4.69) is 20.3 Å². The smallest absolute Gasteiger partial charge is 0.318 e. The van der Waals surface area contributed by atoms with Crippen molar-refractivity contribution in [2.75, 3.05) is 0 Å². The molecule has 0 atom stereocenters. The quantitative estimate of drug-likeness (QED) is 0.654. The Morgan fingerprint density at radius 3 is 2.52 bits per heavy atom. The topological polar surface area (TPSA) is 88.0 Å². The first-order valence-corrected chi connectivity index (χ1v) is 9.90. The highest BCUT2D eigenvalue weighted by molar-refractivity contribution is 6.33. The van der Waals surface area contributed by atoms with E-state index in [1.54, 1.807) is 6.07 Å². The van der Waals surface area contributed by atoms with Crippen LogP contribution >= 0.6 is 11.6 Å². The van der Waals surface area contributed by atoms with E-state index in [1.807, 2.05) is 49.4 Å². The monoisotopic (exact) mass is 408 g/mol. The first-order chi connectivity index (χ1) is 13.9. The van der Waals surface area contributed by atoms with Gasteiger partial charge in [0, 0.05) is 23.1 Å². The molecule has 1 amide bonds. The summed E-state index contributed by atoms with van der Waals surface area (Å²) < 4.78 is 0. The summed E-state index contributed by atoms with van der Waals surface area (Å²) in [5.41, 5.74) is 1.96. The van der Waals surface area contributed by atoms with Gasteiger partial charge in [-0.2, -0.15) is 9.97 Å². The van der Waals surface area contributed by atoms with Crippen LogP contribution in [0.15, 0.2) is 48.5 Å². The van der Waals surface area contributed by atoms with Gasteiger partial charge in [0.05, 0.1) is 5.02 Å². The van der Waals surface area contributed by atoms with E-state index in [-0.39, 0.29) is 23.2 Å². The van der Waals surface area contributed by atoms with Gasteiger partial charge in [0.1, 0.15) is 0 Å². The number of carbonyl (C=O) groups is 1. The fourth-order valence-electron chi connectivity index (χ4n) is 3.39. The molecule has 1 aliphatic carbocycles. The second-order valence-electron chi connectivity index (χ2n) is 7.56. The molecule has 6 nitrogen and oxygen atoms in total. The second-order valence-corrected chi connectivity index (χ2v) is 7.97. The van der Waals surface area contributed by atoms with Gasteiger partial charge in [-0.1, -0.05) is 61.3 Å². The van der Waals surface area contributed by atoms with Crippen molar-refractivity contribution in [3.8, 4) is 28.8 Å². The van der Waals surface area contributed by atoms with Gasteiger partial charge in [-0.3, -0.25) is 4.79 Å². The minimum Gasteiger partial charge on any atom is -0.479 e. The van der Waals surface area contributed by atoms with Crippen molar-refractivity contribution in [3.05, 3.63) is 59.1 Å². The van der Waals surface area contributed by atoms with Crippen LogP contribution in [0, 0.1) is 5.41 Å². The minimum absolute atomic E-state index is 0.0735. The summed E-state index contributed by atoms with van der Waals surface area (Å²) in [5.74, 6) is 0.714. The lowest BCUT2D eigenvalue weighted by Gasteiger charge is -2.36. The number of rotatable bonds is 5. The third-order valence-corrected chi connectivity index (χ3v) is 5.72. The molecule has 0 unspecified atom stereocenters. The zero-order chi connectivity index (χ0) is 20.4. The molecule has 148 valence electrons. The van der Waals surface area contributed by atoms with Gasteiger partial charge in [-0.25, -0.2) is 4.98 Å². The lowest BCUT2D eigenvalue weighted by atomic mass is 9.70. The Morgan fingerprint density at radius 2 is 1.83 bits per heavy atom. The lowest BCUT2D eigenvalue weighted by Crippen LogP contribution is -2.43. The predicted octanol–water partition coefficient (Wildman–Crippen LogP) is 4.37. The number of hydrogen-bond acceptors (Lipinski definition) is 5. The van der Waals surface area contributed by atoms with Gasteiger partial charge in [-0.15, -0.1) is 0 Å². The zero-order valence-electron chi connectivity index (χ0n) is 16.0. The average Bonchev–Trinajstić information content (AvgIpc) is 2.71. The molecule has 0 bridgehead atoms. The molecule has 0 saturated heterocycles. The maximum Gasteiger partial charge on any atom is 0.318 e. The molecule has 1 aromatic heterocycles. The zero-order valence-corrected chi connectivity index (χ0v) is 16.8. The fourth-order valence-corrected chi connectivity index (χ4v) is 3.59. The van der Waals surface area contributed by atoms with E-state index < -0.39 is 0 Å². The number of aromatic nitrogens is 3. The number of nitrogens with zero attached hydrogens (tertiary/aromatic N) is 3. The number of aromatic hydroxyl groups is 1. The molecular weight excluding hydrogens is 388 g/mol. The van der Waals surface area contributed by atoms with Crippen LogP contribution in [0.2, 0.25) is 5.02 Å². The van der Waals surface area contributed by atoms with Crippen LogP contribution in [0.1, 0.15) is 31.7 Å². The molecule has 2 N–H and O–H groups in total. The molecule has 0 spiro atoms. The number of nitrogens with one attached hydrogen (secondary N) is 1. The van der Waals surface area contributed by atoms with E-state index in [0.717, 1.165) is 30.4 Å². The molecule has 29 heavy (non-hydrogen) atoms. The molecular formula is C22H21ClN4O2. The Kier molecular flexibility index (Phi) is 5.20. The normalized spacial score (nSPS) is 14.8. The van der Waals surface area contributed by atoms with E-state index in [9.17, 15) is 9.90 Å². The number of hydrogen-bond donors (Lipinski definition) is 2. The van der Waals surface area contributed by atoms with Crippen LogP contribution in [0.3, 0.4) is 0 Å². The standard InChI is InChI=1S/C22H21ClN4O2/c1-22(10-5-11-22)20(28)24-13-14-8-9-17(23)16(12-14)19-25-18(26-21(29)27-19)15-6-3-2-4-7-15/h2-4,6-9,12H,5,10-11,13H2,1H3,(H,24,28)(H,25,26,27,29). The van der Waals surface area contributed by atoms with Gasteiger partial charge >= 0.3 is 6.01 Å². The third kappa shape index (κ3) is 4.07. The maximum atomic E-state index is 12.4. The fraction of sp³-hybridized carbons (Fsp3) is 0.273.